The van der Waals surface area contributed by atoms with Crippen LogP contribution in [0.15, 0.2) is 24.5 Å². The quantitative estimate of drug-likeness (QED) is 0.830. The van der Waals surface area contributed by atoms with E-state index in [9.17, 15) is 0 Å². The summed E-state index contributed by atoms with van der Waals surface area (Å²) < 4.78 is 0. The minimum Gasteiger partial charge on any atom is -0.278 e. The van der Waals surface area contributed by atoms with E-state index in [-0.39, 0.29) is 0 Å². The van der Waals surface area contributed by atoms with Gasteiger partial charge in [-0.3, -0.25) is 10.4 Å². The summed E-state index contributed by atoms with van der Waals surface area (Å²) >= 11 is 0. The third kappa shape index (κ3) is 1.46. The summed E-state index contributed by atoms with van der Waals surface area (Å²) in [6.07, 6.45) is 7.07. The van der Waals surface area contributed by atoms with Gasteiger partial charge in [-0.1, -0.05) is 0 Å². The summed E-state index contributed by atoms with van der Waals surface area (Å²) in [6, 6.07) is 3.87. The summed E-state index contributed by atoms with van der Waals surface area (Å²) in [5.41, 5.74) is 8.17. The van der Waals surface area contributed by atoms with Gasteiger partial charge >= 0.3 is 0 Å². The fraction of sp³-hybridized carbons (Fsp3) is 0.333. The molecule has 0 fully saturated rings. The normalized spacial score (nSPS) is 13.8. The van der Waals surface area contributed by atoms with E-state index in [2.05, 4.69) is 22.4 Å². The van der Waals surface area contributed by atoms with Gasteiger partial charge in [0.1, 0.15) is 0 Å². The molecule has 0 saturated heterocycles. The molecule has 1 N–H and O–H groups in total. The highest BCUT2D eigenvalue weighted by Crippen LogP contribution is 2.24. The zero-order chi connectivity index (χ0) is 11.0. The molecule has 3 rings (SSSR count). The molecule has 0 unspecified atom stereocenters. The van der Waals surface area contributed by atoms with Gasteiger partial charge in [0.2, 0.25) is 0 Å². The fourth-order valence-corrected chi connectivity index (χ4v) is 2.21. The van der Waals surface area contributed by atoms with Crippen molar-refractivity contribution in [3.63, 3.8) is 0 Å². The van der Waals surface area contributed by atoms with E-state index in [1.54, 1.807) is 12.4 Å². The van der Waals surface area contributed by atoms with Gasteiger partial charge < -0.3 is 0 Å². The van der Waals surface area contributed by atoms with Crippen LogP contribution in [0.4, 0.5) is 5.69 Å². The molecule has 0 saturated carbocycles. The number of anilines is 1. The number of aromatic nitrogens is 3. The van der Waals surface area contributed by atoms with Crippen molar-refractivity contribution in [2.45, 2.75) is 26.2 Å². The van der Waals surface area contributed by atoms with E-state index in [1.165, 1.54) is 29.8 Å². The van der Waals surface area contributed by atoms with Crippen LogP contribution in [0.25, 0.3) is 0 Å². The van der Waals surface area contributed by atoms with Crippen molar-refractivity contribution in [2.24, 2.45) is 0 Å². The molecular weight excluding hydrogens is 200 g/mol. The second-order valence-corrected chi connectivity index (χ2v) is 4.12. The predicted octanol–water partition coefficient (Wildman–Crippen LogP) is 1.95. The number of nitrogens with zero attached hydrogens (tertiary/aromatic N) is 3. The molecule has 0 radical (unpaired) electrons. The lowest BCUT2D eigenvalue weighted by atomic mass is 10.2. The number of nitrogens with one attached hydrogen (secondary N) is 1. The average molecular weight is 214 g/mol. The first-order chi connectivity index (χ1) is 7.84. The first-order valence-corrected chi connectivity index (χ1v) is 5.59. The van der Waals surface area contributed by atoms with E-state index >= 15 is 0 Å². The Morgan fingerprint density at radius 1 is 1.25 bits per heavy atom. The van der Waals surface area contributed by atoms with Gasteiger partial charge in [-0.2, -0.15) is 9.89 Å². The summed E-state index contributed by atoms with van der Waals surface area (Å²) in [5, 5.41) is 4.57. The summed E-state index contributed by atoms with van der Waals surface area (Å²) in [6.45, 7) is 2.12. The molecule has 16 heavy (non-hydrogen) atoms. The van der Waals surface area contributed by atoms with Crippen LogP contribution < -0.4 is 5.43 Å². The second-order valence-electron chi connectivity index (χ2n) is 4.12. The number of aryl methyl sites for hydroxylation is 1. The zero-order valence-corrected chi connectivity index (χ0v) is 9.27. The molecule has 0 spiro atoms. The molecule has 2 aromatic rings. The topological polar surface area (TPSA) is 42.7 Å². The summed E-state index contributed by atoms with van der Waals surface area (Å²) in [7, 11) is 0. The van der Waals surface area contributed by atoms with Crippen molar-refractivity contribution >= 4 is 5.69 Å². The third-order valence-electron chi connectivity index (χ3n) is 3.08. The average Bonchev–Trinajstić information content (AvgIpc) is 2.86. The number of hydrogen-bond acceptors (Lipinski definition) is 3. The van der Waals surface area contributed by atoms with Gasteiger partial charge in [0.05, 0.1) is 17.1 Å². The van der Waals surface area contributed by atoms with Crippen molar-refractivity contribution in [3.05, 3.63) is 41.5 Å². The minimum absolute atomic E-state index is 1.01. The van der Waals surface area contributed by atoms with Gasteiger partial charge in [0.15, 0.2) is 0 Å². The van der Waals surface area contributed by atoms with E-state index in [4.69, 9.17) is 0 Å². The molecule has 2 aromatic heterocycles. The van der Waals surface area contributed by atoms with Crippen LogP contribution in [-0.2, 0) is 12.8 Å². The van der Waals surface area contributed by atoms with Crippen molar-refractivity contribution in [1.82, 2.24) is 14.9 Å². The van der Waals surface area contributed by atoms with E-state index in [0.29, 0.717) is 0 Å². The molecule has 4 heteroatoms. The van der Waals surface area contributed by atoms with Crippen molar-refractivity contribution in [2.75, 3.05) is 5.43 Å². The standard InChI is InChI=1S/C12H14N4/c1-9-11-3-2-4-12(11)15-16(9)14-10-5-7-13-8-6-10/h5-8H,2-4H2,1H3,(H,13,14). The van der Waals surface area contributed by atoms with Crippen LogP contribution in [0.3, 0.4) is 0 Å². The van der Waals surface area contributed by atoms with Crippen molar-refractivity contribution in [3.8, 4) is 0 Å². The van der Waals surface area contributed by atoms with E-state index in [1.807, 2.05) is 16.9 Å². The number of rotatable bonds is 2. The molecule has 0 bridgehead atoms. The highest BCUT2D eigenvalue weighted by atomic mass is 15.6. The van der Waals surface area contributed by atoms with E-state index in [0.717, 1.165) is 12.1 Å². The lowest BCUT2D eigenvalue weighted by molar-refractivity contribution is 0.731. The van der Waals surface area contributed by atoms with Gasteiger partial charge in [-0.25, -0.2) is 0 Å². The number of fused-ring (bicyclic) bond motifs is 1. The van der Waals surface area contributed by atoms with Crippen LogP contribution >= 0.6 is 0 Å². The second kappa shape index (κ2) is 3.63. The Hall–Kier alpha value is -1.84. The molecular formula is C12H14N4. The van der Waals surface area contributed by atoms with E-state index < -0.39 is 0 Å². The first kappa shape index (κ1) is 9.39. The molecule has 2 heterocycles. The third-order valence-corrected chi connectivity index (χ3v) is 3.08. The molecule has 0 atom stereocenters. The van der Waals surface area contributed by atoms with Crippen LogP contribution in [0.5, 0.6) is 0 Å². The largest absolute Gasteiger partial charge is 0.278 e. The molecule has 1 aliphatic carbocycles. The van der Waals surface area contributed by atoms with Crippen molar-refractivity contribution < 1.29 is 0 Å². The Morgan fingerprint density at radius 2 is 2.06 bits per heavy atom. The van der Waals surface area contributed by atoms with Crippen LogP contribution in [0.1, 0.15) is 23.4 Å². The van der Waals surface area contributed by atoms with Crippen LogP contribution in [0.2, 0.25) is 0 Å². The molecule has 0 aliphatic heterocycles. The Labute approximate surface area is 94.3 Å². The molecule has 82 valence electrons. The smallest absolute Gasteiger partial charge is 0.0680 e. The maximum Gasteiger partial charge on any atom is 0.0680 e. The van der Waals surface area contributed by atoms with Gasteiger partial charge in [-0.05, 0) is 43.9 Å². The van der Waals surface area contributed by atoms with Gasteiger partial charge in [0.25, 0.3) is 0 Å². The predicted molar refractivity (Wildman–Crippen MR) is 62.2 cm³/mol. The van der Waals surface area contributed by atoms with Crippen LogP contribution in [0, 0.1) is 6.92 Å². The Kier molecular flexibility index (Phi) is 2.13. The minimum atomic E-state index is 1.01. The van der Waals surface area contributed by atoms with Crippen LogP contribution in [-0.4, -0.2) is 14.9 Å². The monoisotopic (exact) mass is 214 g/mol. The fourth-order valence-electron chi connectivity index (χ4n) is 2.21. The number of pyridine rings is 1. The first-order valence-electron chi connectivity index (χ1n) is 5.59. The summed E-state index contributed by atoms with van der Waals surface area (Å²) in [5.74, 6) is 0. The molecule has 0 amide bonds. The lowest BCUT2D eigenvalue weighted by Crippen LogP contribution is -2.13. The van der Waals surface area contributed by atoms with Gasteiger partial charge in [0, 0.05) is 12.4 Å². The highest BCUT2D eigenvalue weighted by Gasteiger charge is 2.19. The van der Waals surface area contributed by atoms with Crippen molar-refractivity contribution in [1.29, 1.82) is 0 Å². The molecule has 0 aromatic carbocycles. The Balaban J connectivity index is 1.91. The highest BCUT2D eigenvalue weighted by molar-refractivity contribution is 5.41. The van der Waals surface area contributed by atoms with Gasteiger partial charge in [-0.15, -0.1) is 0 Å². The Morgan fingerprint density at radius 3 is 2.81 bits per heavy atom. The zero-order valence-electron chi connectivity index (χ0n) is 9.27. The maximum absolute atomic E-state index is 4.57. The maximum atomic E-state index is 4.57. The molecule has 1 aliphatic rings. The Bertz CT molecular complexity index is 501. The SMILES string of the molecule is Cc1c2c(nn1Nc1ccncc1)CCC2. The lowest BCUT2D eigenvalue weighted by Gasteiger charge is -2.08. The molecule has 4 nitrogen and oxygen atoms in total. The summed E-state index contributed by atoms with van der Waals surface area (Å²) in [4.78, 5) is 5.86. The number of hydrogen-bond donors (Lipinski definition) is 1.